The second kappa shape index (κ2) is 16.9. The maximum Gasteiger partial charge on any atom is 0.338 e. The SMILES string of the molecule is CCCCCCCCCCCOc1ccc2cc(CCc3ccc(C(=O)OC[C@H](C)CC)cc3)ccc2c1. The molecule has 0 unspecified atom stereocenters. The fourth-order valence-electron chi connectivity index (χ4n) is 4.64. The van der Waals surface area contributed by atoms with Crippen LogP contribution in [0.15, 0.2) is 60.7 Å². The molecule has 0 fully saturated rings. The number of hydrogen-bond donors (Lipinski definition) is 0. The third-order valence-electron chi connectivity index (χ3n) is 7.48. The van der Waals surface area contributed by atoms with Gasteiger partial charge in [-0.1, -0.05) is 115 Å². The van der Waals surface area contributed by atoms with Gasteiger partial charge in [-0.2, -0.15) is 0 Å². The quantitative estimate of drug-likeness (QED) is 0.125. The molecule has 0 radical (unpaired) electrons. The highest BCUT2D eigenvalue weighted by atomic mass is 16.5. The molecule has 0 spiro atoms. The maximum absolute atomic E-state index is 12.2. The number of esters is 1. The standard InChI is InChI=1S/C35H48O3/c1-4-6-7-8-9-10-11-12-13-24-37-34-23-22-32-25-30(18-21-33(32)26-34)15-14-29-16-19-31(20-17-29)35(36)38-27-28(3)5-2/h16-23,25-26,28H,4-15,24,27H2,1-3H3/t28-/m1/s1. The zero-order valence-electron chi connectivity index (χ0n) is 24.0. The van der Waals surface area contributed by atoms with Crippen molar-refractivity contribution in [2.45, 2.75) is 97.8 Å². The molecular formula is C35H48O3. The summed E-state index contributed by atoms with van der Waals surface area (Å²) in [5, 5.41) is 2.47. The number of carbonyl (C=O) groups excluding carboxylic acids is 1. The first kappa shape index (κ1) is 29.7. The van der Waals surface area contributed by atoms with Gasteiger partial charge in [-0.05, 0) is 71.3 Å². The molecule has 0 saturated carbocycles. The summed E-state index contributed by atoms with van der Waals surface area (Å²) in [6, 6.07) is 21.0. The number of ether oxygens (including phenoxy) is 2. The van der Waals surface area contributed by atoms with E-state index in [2.05, 4.69) is 57.2 Å². The average molecular weight is 517 g/mol. The Bertz CT molecular complexity index is 1090. The van der Waals surface area contributed by atoms with Crippen molar-refractivity contribution in [2.24, 2.45) is 5.92 Å². The molecule has 0 aromatic heterocycles. The summed E-state index contributed by atoms with van der Waals surface area (Å²) in [7, 11) is 0. The van der Waals surface area contributed by atoms with E-state index in [4.69, 9.17) is 9.47 Å². The molecule has 0 amide bonds. The first-order valence-corrected chi connectivity index (χ1v) is 15.0. The Labute approximate surface area is 230 Å². The zero-order chi connectivity index (χ0) is 27.0. The van der Waals surface area contributed by atoms with Crippen LogP contribution in [0.1, 0.15) is 106 Å². The minimum atomic E-state index is -0.233. The topological polar surface area (TPSA) is 35.5 Å². The second-order valence-corrected chi connectivity index (χ2v) is 10.8. The van der Waals surface area contributed by atoms with E-state index in [0.717, 1.165) is 38.0 Å². The summed E-state index contributed by atoms with van der Waals surface area (Å²) in [5.41, 5.74) is 3.17. The van der Waals surface area contributed by atoms with Crippen LogP contribution in [0.4, 0.5) is 0 Å². The molecule has 3 rings (SSSR count). The normalized spacial score (nSPS) is 12.0. The Morgan fingerprint density at radius 1 is 0.711 bits per heavy atom. The molecule has 0 aliphatic heterocycles. The van der Waals surface area contributed by atoms with Crippen LogP contribution in [0.25, 0.3) is 10.8 Å². The van der Waals surface area contributed by atoms with Crippen molar-refractivity contribution in [3.05, 3.63) is 77.4 Å². The van der Waals surface area contributed by atoms with E-state index < -0.39 is 0 Å². The van der Waals surface area contributed by atoms with Crippen molar-refractivity contribution in [1.29, 1.82) is 0 Å². The van der Waals surface area contributed by atoms with Gasteiger partial charge in [0.25, 0.3) is 0 Å². The molecule has 0 heterocycles. The first-order chi connectivity index (χ1) is 18.6. The Kier molecular flexibility index (Phi) is 13.2. The van der Waals surface area contributed by atoms with Gasteiger partial charge >= 0.3 is 5.97 Å². The van der Waals surface area contributed by atoms with Crippen molar-refractivity contribution < 1.29 is 14.3 Å². The fraction of sp³-hybridized carbons (Fsp3) is 0.514. The highest BCUT2D eigenvalue weighted by Gasteiger charge is 2.09. The van der Waals surface area contributed by atoms with Gasteiger partial charge in [0.2, 0.25) is 0 Å². The fourth-order valence-corrected chi connectivity index (χ4v) is 4.64. The average Bonchev–Trinajstić information content (AvgIpc) is 2.95. The summed E-state index contributed by atoms with van der Waals surface area (Å²) in [4.78, 5) is 12.2. The molecule has 3 aromatic carbocycles. The second-order valence-electron chi connectivity index (χ2n) is 10.8. The number of fused-ring (bicyclic) bond motifs is 1. The molecule has 3 aromatic rings. The van der Waals surface area contributed by atoms with Crippen LogP contribution in [-0.4, -0.2) is 19.2 Å². The van der Waals surface area contributed by atoms with E-state index >= 15 is 0 Å². The van der Waals surface area contributed by atoms with Gasteiger partial charge in [-0.3, -0.25) is 0 Å². The highest BCUT2D eigenvalue weighted by Crippen LogP contribution is 2.23. The molecular weight excluding hydrogens is 468 g/mol. The lowest BCUT2D eigenvalue weighted by Crippen LogP contribution is -2.11. The summed E-state index contributed by atoms with van der Waals surface area (Å²) < 4.78 is 11.4. The van der Waals surface area contributed by atoms with Crippen LogP contribution in [0.2, 0.25) is 0 Å². The van der Waals surface area contributed by atoms with E-state index in [0.29, 0.717) is 18.1 Å². The van der Waals surface area contributed by atoms with Crippen molar-refractivity contribution in [3.63, 3.8) is 0 Å². The van der Waals surface area contributed by atoms with Crippen molar-refractivity contribution in [1.82, 2.24) is 0 Å². The van der Waals surface area contributed by atoms with Gasteiger partial charge in [-0.15, -0.1) is 0 Å². The van der Waals surface area contributed by atoms with Gasteiger partial charge in [0, 0.05) is 0 Å². The third kappa shape index (κ3) is 10.5. The van der Waals surface area contributed by atoms with Gasteiger partial charge < -0.3 is 9.47 Å². The molecule has 1 atom stereocenters. The number of rotatable bonds is 18. The van der Waals surface area contributed by atoms with Crippen molar-refractivity contribution >= 4 is 16.7 Å². The molecule has 0 N–H and O–H groups in total. The number of carbonyl (C=O) groups is 1. The maximum atomic E-state index is 12.2. The van der Waals surface area contributed by atoms with Crippen LogP contribution in [0, 0.1) is 5.92 Å². The molecule has 0 bridgehead atoms. The number of unbranched alkanes of at least 4 members (excludes halogenated alkanes) is 8. The van der Waals surface area contributed by atoms with E-state index in [-0.39, 0.29) is 5.97 Å². The lowest BCUT2D eigenvalue weighted by atomic mass is 10.0. The van der Waals surface area contributed by atoms with Crippen LogP contribution < -0.4 is 4.74 Å². The Morgan fingerprint density at radius 3 is 2.03 bits per heavy atom. The molecule has 0 saturated heterocycles. The van der Waals surface area contributed by atoms with Crippen molar-refractivity contribution in [3.8, 4) is 5.75 Å². The van der Waals surface area contributed by atoms with Gasteiger partial charge in [0.1, 0.15) is 5.75 Å². The summed E-state index contributed by atoms with van der Waals surface area (Å²) in [5.74, 6) is 1.12. The van der Waals surface area contributed by atoms with Gasteiger partial charge in [-0.25, -0.2) is 4.79 Å². The van der Waals surface area contributed by atoms with Crippen LogP contribution in [0.5, 0.6) is 5.75 Å². The van der Waals surface area contributed by atoms with Crippen LogP contribution in [0.3, 0.4) is 0 Å². The summed E-state index contributed by atoms with van der Waals surface area (Å²) >= 11 is 0. The summed E-state index contributed by atoms with van der Waals surface area (Å²) in [6.45, 7) is 7.75. The van der Waals surface area contributed by atoms with Gasteiger partial charge in [0.15, 0.2) is 0 Å². The lowest BCUT2D eigenvalue weighted by molar-refractivity contribution is 0.0447. The molecule has 3 heteroatoms. The van der Waals surface area contributed by atoms with E-state index in [1.807, 2.05) is 24.3 Å². The highest BCUT2D eigenvalue weighted by molar-refractivity contribution is 5.89. The summed E-state index contributed by atoms with van der Waals surface area (Å²) in [6.07, 6.45) is 14.9. The molecule has 38 heavy (non-hydrogen) atoms. The minimum absolute atomic E-state index is 0.233. The minimum Gasteiger partial charge on any atom is -0.494 e. The number of aryl methyl sites for hydroxylation is 2. The van der Waals surface area contributed by atoms with E-state index in [1.165, 1.54) is 73.3 Å². The smallest absolute Gasteiger partial charge is 0.338 e. The lowest BCUT2D eigenvalue weighted by Gasteiger charge is -2.10. The molecule has 0 aliphatic carbocycles. The third-order valence-corrected chi connectivity index (χ3v) is 7.48. The van der Waals surface area contributed by atoms with E-state index in [9.17, 15) is 4.79 Å². The predicted octanol–water partition coefficient (Wildman–Crippen LogP) is 9.74. The zero-order valence-corrected chi connectivity index (χ0v) is 24.0. The molecule has 3 nitrogen and oxygen atoms in total. The monoisotopic (exact) mass is 516 g/mol. The molecule has 0 aliphatic rings. The Morgan fingerprint density at radius 2 is 1.32 bits per heavy atom. The first-order valence-electron chi connectivity index (χ1n) is 15.0. The number of benzene rings is 3. The largest absolute Gasteiger partial charge is 0.494 e. The Balaban J connectivity index is 1.39. The Hall–Kier alpha value is -2.81. The predicted molar refractivity (Wildman–Crippen MR) is 160 cm³/mol. The van der Waals surface area contributed by atoms with Gasteiger partial charge in [0.05, 0.1) is 18.8 Å². The van der Waals surface area contributed by atoms with Crippen molar-refractivity contribution in [2.75, 3.05) is 13.2 Å². The van der Waals surface area contributed by atoms with Crippen LogP contribution >= 0.6 is 0 Å². The van der Waals surface area contributed by atoms with Crippen LogP contribution in [-0.2, 0) is 17.6 Å². The number of hydrogen-bond acceptors (Lipinski definition) is 3. The van der Waals surface area contributed by atoms with E-state index in [1.54, 1.807) is 0 Å². The molecule has 206 valence electrons.